The van der Waals surface area contributed by atoms with E-state index in [1.54, 1.807) is 19.1 Å². The molecule has 152 valence electrons. The number of anilines is 1. The number of aryl methyl sites for hydroxylation is 2. The first kappa shape index (κ1) is 22.0. The van der Waals surface area contributed by atoms with Crippen molar-refractivity contribution in [2.24, 2.45) is 0 Å². The fourth-order valence-corrected chi connectivity index (χ4v) is 3.67. The lowest BCUT2D eigenvalue weighted by molar-refractivity contribution is -0.119. The second-order valence-corrected chi connectivity index (χ2v) is 8.74. The number of benzene rings is 2. The van der Waals surface area contributed by atoms with Gasteiger partial charge in [-0.2, -0.15) is 0 Å². The molecule has 2 aromatic rings. The average Bonchev–Trinajstić information content (AvgIpc) is 2.65. The molecule has 6 nitrogen and oxygen atoms in total. The molecule has 0 aliphatic heterocycles. The van der Waals surface area contributed by atoms with E-state index < -0.39 is 15.9 Å². The van der Waals surface area contributed by atoms with Gasteiger partial charge >= 0.3 is 0 Å². The van der Waals surface area contributed by atoms with E-state index in [1.807, 2.05) is 24.3 Å². The summed E-state index contributed by atoms with van der Waals surface area (Å²) in [6.45, 7) is 4.06. The summed E-state index contributed by atoms with van der Waals surface area (Å²) in [6, 6.07) is 12.7. The highest BCUT2D eigenvalue weighted by Gasteiger charge is 2.22. The Morgan fingerprint density at radius 2 is 1.86 bits per heavy atom. The molecule has 0 saturated carbocycles. The van der Waals surface area contributed by atoms with Gasteiger partial charge in [0.1, 0.15) is 18.9 Å². The van der Waals surface area contributed by atoms with Gasteiger partial charge < -0.3 is 10.1 Å². The molecule has 0 spiro atoms. The van der Waals surface area contributed by atoms with Crippen LogP contribution in [0, 0.1) is 6.92 Å². The molecule has 0 saturated heterocycles. The Balaban J connectivity index is 1.92. The number of nitrogens with one attached hydrogen (secondary N) is 1. The van der Waals surface area contributed by atoms with Crippen LogP contribution in [0.5, 0.6) is 5.75 Å². The summed E-state index contributed by atoms with van der Waals surface area (Å²) in [6.07, 6.45) is 2.02. The third kappa shape index (κ3) is 6.42. The van der Waals surface area contributed by atoms with Crippen LogP contribution >= 0.6 is 11.6 Å². The number of nitrogens with zero attached hydrogens (tertiary/aromatic N) is 1. The lowest BCUT2D eigenvalue weighted by Crippen LogP contribution is -2.41. The predicted molar refractivity (Wildman–Crippen MR) is 113 cm³/mol. The van der Waals surface area contributed by atoms with E-state index in [4.69, 9.17) is 16.3 Å². The molecular weight excluding hydrogens is 400 g/mol. The number of hydrogen-bond acceptors (Lipinski definition) is 4. The molecule has 0 aromatic heterocycles. The van der Waals surface area contributed by atoms with Gasteiger partial charge in [0.15, 0.2) is 0 Å². The van der Waals surface area contributed by atoms with E-state index in [0.29, 0.717) is 16.3 Å². The Morgan fingerprint density at radius 1 is 1.18 bits per heavy atom. The van der Waals surface area contributed by atoms with Crippen molar-refractivity contribution in [1.82, 2.24) is 5.32 Å². The first-order valence-electron chi connectivity index (χ1n) is 8.93. The van der Waals surface area contributed by atoms with Crippen LogP contribution in [-0.2, 0) is 21.2 Å². The number of ether oxygens (including phenoxy) is 1. The molecule has 2 aromatic carbocycles. The molecule has 28 heavy (non-hydrogen) atoms. The monoisotopic (exact) mass is 424 g/mol. The minimum atomic E-state index is -3.65. The van der Waals surface area contributed by atoms with Crippen LogP contribution in [-0.4, -0.2) is 40.3 Å². The normalized spacial score (nSPS) is 11.1. The third-order valence-electron chi connectivity index (χ3n) is 4.15. The molecule has 0 unspecified atom stereocenters. The van der Waals surface area contributed by atoms with Crippen LogP contribution in [0.15, 0.2) is 42.5 Å². The van der Waals surface area contributed by atoms with Crippen LogP contribution in [0.1, 0.15) is 18.1 Å². The number of sulfonamides is 1. The van der Waals surface area contributed by atoms with E-state index in [9.17, 15) is 13.2 Å². The van der Waals surface area contributed by atoms with Crippen molar-refractivity contribution in [2.75, 3.05) is 30.3 Å². The fourth-order valence-electron chi connectivity index (χ4n) is 2.60. The van der Waals surface area contributed by atoms with Gasteiger partial charge in [-0.15, -0.1) is 0 Å². The zero-order valence-electron chi connectivity index (χ0n) is 16.2. The zero-order valence-corrected chi connectivity index (χ0v) is 17.8. The van der Waals surface area contributed by atoms with Gasteiger partial charge in [0, 0.05) is 5.02 Å². The number of carbonyl (C=O) groups excluding carboxylic acids is 1. The van der Waals surface area contributed by atoms with E-state index in [2.05, 4.69) is 12.2 Å². The van der Waals surface area contributed by atoms with Gasteiger partial charge in [-0.1, -0.05) is 36.7 Å². The SMILES string of the molecule is CCc1ccc(OCCNC(=O)CN(c2cc(Cl)ccc2C)S(C)(=O)=O)cc1. The summed E-state index contributed by atoms with van der Waals surface area (Å²) in [7, 11) is -3.65. The number of carbonyl (C=O) groups is 1. The van der Waals surface area contributed by atoms with Gasteiger partial charge in [-0.25, -0.2) is 8.42 Å². The summed E-state index contributed by atoms with van der Waals surface area (Å²) < 4.78 is 31.0. The van der Waals surface area contributed by atoms with Gasteiger partial charge in [-0.3, -0.25) is 9.10 Å². The Kier molecular flexibility index (Phi) is 7.71. The van der Waals surface area contributed by atoms with E-state index in [1.165, 1.54) is 11.6 Å². The number of amides is 1. The van der Waals surface area contributed by atoms with Crippen molar-refractivity contribution in [1.29, 1.82) is 0 Å². The van der Waals surface area contributed by atoms with Crippen LogP contribution in [0.2, 0.25) is 5.02 Å². The van der Waals surface area contributed by atoms with E-state index in [0.717, 1.165) is 22.7 Å². The average molecular weight is 425 g/mol. The Bertz CT molecular complexity index is 914. The predicted octanol–water partition coefficient (Wildman–Crippen LogP) is 3.17. The molecule has 1 N–H and O–H groups in total. The lowest BCUT2D eigenvalue weighted by atomic mass is 10.2. The van der Waals surface area contributed by atoms with Crippen molar-refractivity contribution in [2.45, 2.75) is 20.3 Å². The highest BCUT2D eigenvalue weighted by atomic mass is 35.5. The summed E-state index contributed by atoms with van der Waals surface area (Å²) in [5.41, 5.74) is 2.32. The Hall–Kier alpha value is -2.25. The van der Waals surface area contributed by atoms with E-state index >= 15 is 0 Å². The minimum absolute atomic E-state index is 0.264. The molecule has 0 aliphatic carbocycles. The third-order valence-corrected chi connectivity index (χ3v) is 5.51. The van der Waals surface area contributed by atoms with Gasteiger partial charge in [0.05, 0.1) is 18.5 Å². The smallest absolute Gasteiger partial charge is 0.240 e. The molecule has 1 amide bonds. The highest BCUT2D eigenvalue weighted by molar-refractivity contribution is 7.92. The second kappa shape index (κ2) is 9.80. The molecule has 8 heteroatoms. The highest BCUT2D eigenvalue weighted by Crippen LogP contribution is 2.26. The fraction of sp³-hybridized carbons (Fsp3) is 0.350. The summed E-state index contributed by atoms with van der Waals surface area (Å²) in [5, 5.41) is 3.08. The largest absolute Gasteiger partial charge is 0.492 e. The van der Waals surface area contributed by atoms with Crippen molar-refractivity contribution < 1.29 is 17.9 Å². The molecule has 0 fully saturated rings. The standard InChI is InChI=1S/C20H25ClN2O4S/c1-4-16-6-9-18(10-7-16)27-12-11-22-20(24)14-23(28(3,25)26)19-13-17(21)8-5-15(19)2/h5-10,13H,4,11-12,14H2,1-3H3,(H,22,24). The van der Waals surface area contributed by atoms with Gasteiger partial charge in [-0.05, 0) is 48.7 Å². The van der Waals surface area contributed by atoms with Crippen LogP contribution in [0.4, 0.5) is 5.69 Å². The Morgan fingerprint density at radius 3 is 2.46 bits per heavy atom. The minimum Gasteiger partial charge on any atom is -0.492 e. The summed E-state index contributed by atoms with van der Waals surface area (Å²) in [4.78, 5) is 12.3. The number of rotatable bonds is 9. The maximum Gasteiger partial charge on any atom is 0.240 e. The molecule has 0 atom stereocenters. The van der Waals surface area contributed by atoms with Gasteiger partial charge in [0.25, 0.3) is 0 Å². The number of halogens is 1. The summed E-state index contributed by atoms with van der Waals surface area (Å²) in [5.74, 6) is 0.300. The zero-order chi connectivity index (χ0) is 20.7. The lowest BCUT2D eigenvalue weighted by Gasteiger charge is -2.23. The molecule has 0 heterocycles. The van der Waals surface area contributed by atoms with Crippen molar-refractivity contribution in [3.63, 3.8) is 0 Å². The summed E-state index contributed by atoms with van der Waals surface area (Å²) >= 11 is 5.99. The van der Waals surface area contributed by atoms with Crippen molar-refractivity contribution in [3.05, 3.63) is 58.6 Å². The van der Waals surface area contributed by atoms with Crippen molar-refractivity contribution >= 4 is 33.2 Å². The topological polar surface area (TPSA) is 75.7 Å². The molecule has 2 rings (SSSR count). The maximum absolute atomic E-state index is 12.3. The first-order chi connectivity index (χ1) is 13.2. The quantitative estimate of drug-likeness (QED) is 0.627. The van der Waals surface area contributed by atoms with E-state index in [-0.39, 0.29) is 19.7 Å². The van der Waals surface area contributed by atoms with Crippen LogP contribution < -0.4 is 14.4 Å². The number of hydrogen-bond donors (Lipinski definition) is 1. The van der Waals surface area contributed by atoms with Crippen molar-refractivity contribution in [3.8, 4) is 5.75 Å². The van der Waals surface area contributed by atoms with Crippen LogP contribution in [0.25, 0.3) is 0 Å². The second-order valence-electron chi connectivity index (χ2n) is 6.40. The molecule has 0 bridgehead atoms. The Labute approximate surface area is 171 Å². The maximum atomic E-state index is 12.3. The first-order valence-corrected chi connectivity index (χ1v) is 11.2. The van der Waals surface area contributed by atoms with Crippen LogP contribution in [0.3, 0.4) is 0 Å². The molecule has 0 radical (unpaired) electrons. The van der Waals surface area contributed by atoms with Gasteiger partial charge in [0.2, 0.25) is 15.9 Å². The molecule has 0 aliphatic rings. The molecular formula is C20H25ClN2O4S.